The second-order valence-corrected chi connectivity index (χ2v) is 5.64. The van der Waals surface area contributed by atoms with E-state index in [2.05, 4.69) is 0 Å². The van der Waals surface area contributed by atoms with Crippen molar-refractivity contribution in [3.63, 3.8) is 0 Å². The molecular formula is C17H24ClN3O5. The predicted molar refractivity (Wildman–Crippen MR) is 103 cm³/mol. The van der Waals surface area contributed by atoms with Crippen LogP contribution in [0.3, 0.4) is 0 Å². The molecule has 9 N–H and O–H groups in total. The molecule has 0 saturated carbocycles. The molecule has 0 heterocycles. The SMILES string of the molecule is Cc1cc(Cl)c(N)cc1O.Nc1cc(N)c(OCCO)cc1OCCO. The Morgan fingerprint density at radius 1 is 0.846 bits per heavy atom. The van der Waals surface area contributed by atoms with Crippen molar-refractivity contribution in [1.29, 1.82) is 0 Å². The van der Waals surface area contributed by atoms with Gasteiger partial charge in [0.2, 0.25) is 0 Å². The van der Waals surface area contributed by atoms with Gasteiger partial charge in [0.05, 0.1) is 35.3 Å². The van der Waals surface area contributed by atoms with Gasteiger partial charge < -0.3 is 42.0 Å². The highest BCUT2D eigenvalue weighted by Gasteiger charge is 2.08. The first-order valence-electron chi connectivity index (χ1n) is 7.71. The number of aliphatic hydroxyl groups is 2. The highest BCUT2D eigenvalue weighted by molar-refractivity contribution is 6.33. The van der Waals surface area contributed by atoms with Crippen LogP contribution in [0.2, 0.25) is 5.02 Å². The van der Waals surface area contributed by atoms with Crippen LogP contribution in [0.25, 0.3) is 0 Å². The van der Waals surface area contributed by atoms with Crippen molar-refractivity contribution in [3.05, 3.63) is 34.9 Å². The summed E-state index contributed by atoms with van der Waals surface area (Å²) < 4.78 is 10.4. The van der Waals surface area contributed by atoms with Gasteiger partial charge >= 0.3 is 0 Å². The number of hydrogen-bond donors (Lipinski definition) is 6. The molecule has 2 rings (SSSR count). The summed E-state index contributed by atoms with van der Waals surface area (Å²) in [6, 6.07) is 6.12. The van der Waals surface area contributed by atoms with E-state index in [4.69, 9.17) is 53.6 Å². The minimum Gasteiger partial charge on any atom is -0.508 e. The summed E-state index contributed by atoms with van der Waals surface area (Å²) in [5, 5.41) is 26.8. The molecule has 0 spiro atoms. The van der Waals surface area contributed by atoms with Crippen LogP contribution < -0.4 is 26.7 Å². The quantitative estimate of drug-likeness (QED) is 0.408. The van der Waals surface area contributed by atoms with E-state index < -0.39 is 0 Å². The number of aryl methyl sites for hydroxylation is 1. The lowest BCUT2D eigenvalue weighted by atomic mass is 10.2. The summed E-state index contributed by atoms with van der Waals surface area (Å²) in [5.74, 6) is 0.981. The Morgan fingerprint density at radius 2 is 1.35 bits per heavy atom. The van der Waals surface area contributed by atoms with Gasteiger partial charge in [0, 0.05) is 12.1 Å². The van der Waals surface area contributed by atoms with Crippen LogP contribution in [0.1, 0.15) is 5.56 Å². The number of phenols is 1. The Hall–Kier alpha value is -2.55. The third-order valence-electron chi connectivity index (χ3n) is 3.16. The Labute approximate surface area is 156 Å². The van der Waals surface area contributed by atoms with Crippen LogP contribution in [0.4, 0.5) is 17.1 Å². The first-order chi connectivity index (χ1) is 12.3. The number of aliphatic hydroxyl groups excluding tert-OH is 2. The molecule has 26 heavy (non-hydrogen) atoms. The molecule has 0 radical (unpaired) electrons. The second kappa shape index (κ2) is 10.4. The molecule has 2 aromatic rings. The summed E-state index contributed by atoms with van der Waals surface area (Å²) in [6.45, 7) is 1.86. The number of nitrogen functional groups attached to an aromatic ring is 3. The van der Waals surface area contributed by atoms with E-state index in [1.807, 2.05) is 0 Å². The minimum atomic E-state index is -0.101. The zero-order chi connectivity index (χ0) is 19.7. The van der Waals surface area contributed by atoms with Crippen molar-refractivity contribution < 1.29 is 24.8 Å². The van der Waals surface area contributed by atoms with Crippen LogP contribution in [-0.4, -0.2) is 41.7 Å². The van der Waals surface area contributed by atoms with Gasteiger partial charge in [-0.25, -0.2) is 0 Å². The number of aromatic hydroxyl groups is 1. The topological polar surface area (TPSA) is 157 Å². The summed E-state index contributed by atoms with van der Waals surface area (Å²) in [5.41, 5.74) is 18.6. The average molecular weight is 386 g/mol. The monoisotopic (exact) mass is 385 g/mol. The normalized spacial score (nSPS) is 10.0. The van der Waals surface area contributed by atoms with Crippen LogP contribution in [-0.2, 0) is 0 Å². The maximum atomic E-state index is 9.09. The van der Waals surface area contributed by atoms with E-state index >= 15 is 0 Å². The summed E-state index contributed by atoms with van der Waals surface area (Å²) in [6.07, 6.45) is 0. The smallest absolute Gasteiger partial charge is 0.146 e. The van der Waals surface area contributed by atoms with E-state index in [-0.39, 0.29) is 32.2 Å². The molecule has 0 atom stereocenters. The van der Waals surface area contributed by atoms with Crippen molar-refractivity contribution in [2.24, 2.45) is 0 Å². The number of halogens is 1. The van der Waals surface area contributed by atoms with Crippen LogP contribution in [0.5, 0.6) is 17.2 Å². The van der Waals surface area contributed by atoms with E-state index in [9.17, 15) is 0 Å². The largest absolute Gasteiger partial charge is 0.508 e. The van der Waals surface area contributed by atoms with Crippen molar-refractivity contribution in [3.8, 4) is 17.2 Å². The molecule has 144 valence electrons. The standard InChI is InChI=1S/C10H16N2O4.C7H8ClNO/c11-7-5-8(12)10(16-4-2-14)6-9(7)15-3-1-13;1-4-2-5(8)6(9)3-7(4)10/h5-6,13-14H,1-4,11-12H2;2-3,10H,9H2,1H3. The fourth-order valence-electron chi connectivity index (χ4n) is 1.83. The van der Waals surface area contributed by atoms with Crippen molar-refractivity contribution in [2.75, 3.05) is 43.6 Å². The number of phenolic OH excluding ortho intramolecular Hbond substituents is 1. The van der Waals surface area contributed by atoms with Crippen LogP contribution in [0.15, 0.2) is 24.3 Å². The van der Waals surface area contributed by atoms with E-state index in [1.54, 1.807) is 13.0 Å². The van der Waals surface area contributed by atoms with E-state index in [0.29, 0.717) is 33.6 Å². The Kier molecular flexibility index (Phi) is 8.63. The number of rotatable bonds is 6. The molecule has 0 aromatic heterocycles. The number of ether oxygens (including phenoxy) is 2. The van der Waals surface area contributed by atoms with Crippen molar-refractivity contribution >= 4 is 28.7 Å². The third-order valence-corrected chi connectivity index (χ3v) is 3.48. The zero-order valence-electron chi connectivity index (χ0n) is 14.4. The fraction of sp³-hybridized carbons (Fsp3) is 0.294. The first kappa shape index (κ1) is 21.5. The number of anilines is 3. The minimum absolute atomic E-state index is 0.101. The molecule has 0 unspecified atom stereocenters. The molecular weight excluding hydrogens is 362 g/mol. The van der Waals surface area contributed by atoms with Gasteiger partial charge in [-0.2, -0.15) is 0 Å². The van der Waals surface area contributed by atoms with Gasteiger partial charge in [-0.15, -0.1) is 0 Å². The van der Waals surface area contributed by atoms with Crippen LogP contribution in [0, 0.1) is 6.92 Å². The first-order valence-corrected chi connectivity index (χ1v) is 8.08. The van der Waals surface area contributed by atoms with Gasteiger partial charge in [0.25, 0.3) is 0 Å². The van der Waals surface area contributed by atoms with Gasteiger partial charge in [0.1, 0.15) is 30.5 Å². The third kappa shape index (κ3) is 6.40. The van der Waals surface area contributed by atoms with Crippen LogP contribution >= 0.6 is 11.6 Å². The maximum Gasteiger partial charge on any atom is 0.146 e. The lowest BCUT2D eigenvalue weighted by Crippen LogP contribution is -2.07. The summed E-state index contributed by atoms with van der Waals surface area (Å²) >= 11 is 5.65. The van der Waals surface area contributed by atoms with E-state index in [1.165, 1.54) is 18.2 Å². The molecule has 0 saturated heterocycles. The number of benzene rings is 2. The summed E-state index contributed by atoms with van der Waals surface area (Å²) in [4.78, 5) is 0. The highest BCUT2D eigenvalue weighted by Crippen LogP contribution is 2.33. The zero-order valence-corrected chi connectivity index (χ0v) is 15.2. The van der Waals surface area contributed by atoms with Crippen molar-refractivity contribution in [1.82, 2.24) is 0 Å². The second-order valence-electron chi connectivity index (χ2n) is 5.23. The lowest BCUT2D eigenvalue weighted by molar-refractivity contribution is 0.195. The van der Waals surface area contributed by atoms with E-state index in [0.717, 1.165) is 5.56 Å². The predicted octanol–water partition coefficient (Wildman–Crippen LogP) is 1.53. The Morgan fingerprint density at radius 3 is 1.77 bits per heavy atom. The Bertz CT molecular complexity index is 649. The van der Waals surface area contributed by atoms with Gasteiger partial charge in [-0.05, 0) is 24.6 Å². The maximum absolute atomic E-state index is 9.09. The molecule has 0 bridgehead atoms. The molecule has 9 heteroatoms. The Balaban J connectivity index is 0.000000289. The van der Waals surface area contributed by atoms with Gasteiger partial charge in [-0.1, -0.05) is 11.6 Å². The number of nitrogens with two attached hydrogens (primary N) is 3. The highest BCUT2D eigenvalue weighted by atomic mass is 35.5. The summed E-state index contributed by atoms with van der Waals surface area (Å²) in [7, 11) is 0. The van der Waals surface area contributed by atoms with Crippen molar-refractivity contribution in [2.45, 2.75) is 6.92 Å². The van der Waals surface area contributed by atoms with Gasteiger partial charge in [-0.3, -0.25) is 0 Å². The molecule has 0 aliphatic carbocycles. The fourth-order valence-corrected chi connectivity index (χ4v) is 2.05. The molecule has 2 aromatic carbocycles. The molecule has 0 amide bonds. The van der Waals surface area contributed by atoms with Gasteiger partial charge in [0.15, 0.2) is 0 Å². The molecule has 0 aliphatic rings. The lowest BCUT2D eigenvalue weighted by Gasteiger charge is -2.12. The average Bonchev–Trinajstić information content (AvgIpc) is 2.59. The molecule has 0 fully saturated rings. The molecule has 8 nitrogen and oxygen atoms in total. The number of hydrogen-bond acceptors (Lipinski definition) is 8. The molecule has 0 aliphatic heterocycles.